The second-order valence-electron chi connectivity index (χ2n) is 7.72. The average Bonchev–Trinajstić information content (AvgIpc) is 2.91. The first-order valence-electron chi connectivity index (χ1n) is 11.0. The number of aromatic nitrogens is 2. The van der Waals surface area contributed by atoms with Crippen molar-refractivity contribution < 1.29 is 17.9 Å². The number of rotatable bonds is 9. The quantitative estimate of drug-likeness (QED) is 0.212. The zero-order valence-corrected chi connectivity index (χ0v) is 22.4. The highest BCUT2D eigenvalue weighted by atomic mass is 79.9. The van der Waals surface area contributed by atoms with E-state index in [-0.39, 0.29) is 16.6 Å². The zero-order chi connectivity index (χ0) is 27.1. The zero-order valence-electron chi connectivity index (χ0n) is 20.0. The van der Waals surface area contributed by atoms with Crippen molar-refractivity contribution in [1.82, 2.24) is 14.7 Å². The van der Waals surface area contributed by atoms with E-state index in [4.69, 9.17) is 0 Å². The molecule has 10 nitrogen and oxygen atoms in total. The highest BCUT2D eigenvalue weighted by Crippen LogP contribution is 2.28. The molecule has 2 aromatic heterocycles. The molecule has 0 aliphatic carbocycles. The largest absolute Gasteiger partial charge is 0.486 e. The monoisotopic (exact) mass is 592 g/mol. The number of benzene rings is 2. The molecule has 0 aliphatic heterocycles. The van der Waals surface area contributed by atoms with Gasteiger partial charge in [-0.1, -0.05) is 22.5 Å². The smallest absolute Gasteiger partial charge is 0.263 e. The van der Waals surface area contributed by atoms with Crippen molar-refractivity contribution in [1.29, 1.82) is 0 Å². The van der Waals surface area contributed by atoms with E-state index in [1.165, 1.54) is 31.4 Å². The van der Waals surface area contributed by atoms with Crippen molar-refractivity contribution in [3.63, 3.8) is 0 Å². The van der Waals surface area contributed by atoms with Crippen molar-refractivity contribution in [3.8, 4) is 11.3 Å². The van der Waals surface area contributed by atoms with E-state index < -0.39 is 10.0 Å². The third kappa shape index (κ3) is 6.47. The van der Waals surface area contributed by atoms with Gasteiger partial charge in [0.1, 0.15) is 12.2 Å². The first kappa shape index (κ1) is 26.6. The van der Waals surface area contributed by atoms with Crippen LogP contribution in [-0.4, -0.2) is 44.1 Å². The van der Waals surface area contributed by atoms with Gasteiger partial charge in [0.25, 0.3) is 15.9 Å². The van der Waals surface area contributed by atoms with E-state index in [1.807, 2.05) is 24.3 Å². The van der Waals surface area contributed by atoms with Gasteiger partial charge in [0.15, 0.2) is 6.40 Å². The summed E-state index contributed by atoms with van der Waals surface area (Å²) in [6, 6.07) is 16.6. The number of anilines is 1. The van der Waals surface area contributed by atoms with Crippen molar-refractivity contribution in [2.45, 2.75) is 4.90 Å². The number of halogens is 1. The highest BCUT2D eigenvalue weighted by molar-refractivity contribution is 9.10. The van der Waals surface area contributed by atoms with Crippen LogP contribution in [0.4, 0.5) is 5.69 Å². The van der Waals surface area contributed by atoms with E-state index in [0.717, 1.165) is 22.8 Å². The van der Waals surface area contributed by atoms with Crippen LogP contribution in [0, 0.1) is 0 Å². The Bertz CT molecular complexity index is 1660. The topological polar surface area (TPSA) is 135 Å². The summed E-state index contributed by atoms with van der Waals surface area (Å²) in [4.78, 5) is 29.6. The van der Waals surface area contributed by atoms with Gasteiger partial charge in [-0.15, -0.1) is 0 Å². The van der Waals surface area contributed by atoms with Crippen molar-refractivity contribution in [2.24, 2.45) is 9.98 Å². The summed E-state index contributed by atoms with van der Waals surface area (Å²) in [5.41, 5.74) is 2.82. The van der Waals surface area contributed by atoms with Gasteiger partial charge in [-0.2, -0.15) is 0 Å². The number of carbonyl (C=O) groups is 1. The van der Waals surface area contributed by atoms with Crippen LogP contribution in [0.1, 0.15) is 10.4 Å². The number of pyridine rings is 2. The number of aliphatic imine (C=N–C) groups is 2. The third-order valence-corrected chi connectivity index (χ3v) is 6.98. The summed E-state index contributed by atoms with van der Waals surface area (Å²) in [5.74, 6) is -0.510. The van der Waals surface area contributed by atoms with Gasteiger partial charge in [0.2, 0.25) is 0 Å². The number of nitrogens with one attached hydrogen (secondary N) is 2. The van der Waals surface area contributed by atoms with Gasteiger partial charge in [-0.25, -0.2) is 23.4 Å². The highest BCUT2D eigenvalue weighted by Gasteiger charge is 2.17. The Morgan fingerprint density at radius 2 is 1.92 bits per heavy atom. The molecule has 4 rings (SSSR count). The number of fused-ring (bicyclic) bond motifs is 1. The van der Waals surface area contributed by atoms with Gasteiger partial charge in [-0.05, 0) is 60.7 Å². The number of hydrogen-bond acceptors (Lipinski definition) is 7. The normalized spacial score (nSPS) is 11.6. The minimum atomic E-state index is -3.95. The summed E-state index contributed by atoms with van der Waals surface area (Å²) in [5, 5.41) is 3.48. The molecule has 192 valence electrons. The SMILES string of the molecule is C=C(N=CN=COC)NS(=O)(=O)c1ccc(NC(=O)c2cc(-c3cccnc3)nc3ccc(Br)cc23)cc1. The number of ether oxygens (including phenoxy) is 1. The lowest BCUT2D eigenvalue weighted by atomic mass is 10.0. The standard InChI is InChI=1S/C26H21BrN6O4S/c1-17(30-15-29-16-37-2)33-38(35,36)21-8-6-20(7-9-21)31-26(34)23-13-25(18-4-3-11-28-14-18)32-24-10-5-19(27)12-22(23)24/h3-16,33H,1H2,2H3,(H,31,34). The number of carbonyl (C=O) groups excluding carboxylic acids is 1. The van der Waals surface area contributed by atoms with Gasteiger partial charge in [0, 0.05) is 33.5 Å². The van der Waals surface area contributed by atoms with Crippen LogP contribution in [-0.2, 0) is 14.8 Å². The maximum Gasteiger partial charge on any atom is 0.263 e. The van der Waals surface area contributed by atoms with E-state index in [9.17, 15) is 13.2 Å². The fourth-order valence-electron chi connectivity index (χ4n) is 3.40. The van der Waals surface area contributed by atoms with Gasteiger partial charge in [-0.3, -0.25) is 14.5 Å². The molecule has 38 heavy (non-hydrogen) atoms. The Labute approximate surface area is 227 Å². The second kappa shape index (κ2) is 11.8. The molecule has 0 radical (unpaired) electrons. The summed E-state index contributed by atoms with van der Waals surface area (Å²) < 4.78 is 32.9. The summed E-state index contributed by atoms with van der Waals surface area (Å²) >= 11 is 3.45. The van der Waals surface area contributed by atoms with Crippen LogP contribution < -0.4 is 10.0 Å². The number of nitrogens with zero attached hydrogens (tertiary/aromatic N) is 4. The molecule has 0 saturated carbocycles. The van der Waals surface area contributed by atoms with Crippen LogP contribution in [0.3, 0.4) is 0 Å². The second-order valence-corrected chi connectivity index (χ2v) is 10.3. The fourth-order valence-corrected chi connectivity index (χ4v) is 4.73. The number of sulfonamides is 1. The third-order valence-electron chi connectivity index (χ3n) is 5.09. The molecule has 1 amide bonds. The minimum absolute atomic E-state index is 0.0376. The van der Waals surface area contributed by atoms with Crippen molar-refractivity contribution in [3.05, 3.63) is 95.5 Å². The Hall–Kier alpha value is -4.42. The molecular weight excluding hydrogens is 572 g/mol. The number of methoxy groups -OCH3 is 1. The summed E-state index contributed by atoms with van der Waals surface area (Å²) in [6.45, 7) is 3.54. The molecule has 0 aliphatic rings. The van der Waals surface area contributed by atoms with Gasteiger partial charge >= 0.3 is 0 Å². The first-order chi connectivity index (χ1) is 18.3. The van der Waals surface area contributed by atoms with Crippen molar-refractivity contribution in [2.75, 3.05) is 12.4 Å². The van der Waals surface area contributed by atoms with Crippen LogP contribution in [0.2, 0.25) is 0 Å². The molecule has 0 bridgehead atoms. The predicted octanol–water partition coefficient (Wildman–Crippen LogP) is 4.76. The number of hydrogen-bond donors (Lipinski definition) is 2. The average molecular weight is 593 g/mol. The molecule has 0 unspecified atom stereocenters. The van der Waals surface area contributed by atoms with Gasteiger partial charge in [0.05, 0.1) is 28.8 Å². The lowest BCUT2D eigenvalue weighted by Gasteiger charge is -2.12. The summed E-state index contributed by atoms with van der Waals surface area (Å²) in [7, 11) is -2.53. The Morgan fingerprint density at radius 1 is 1.13 bits per heavy atom. The van der Waals surface area contributed by atoms with Crippen LogP contribution >= 0.6 is 15.9 Å². The van der Waals surface area contributed by atoms with Crippen LogP contribution in [0.25, 0.3) is 22.2 Å². The van der Waals surface area contributed by atoms with Crippen molar-refractivity contribution >= 4 is 61.2 Å². The van der Waals surface area contributed by atoms with Crippen LogP contribution in [0.15, 0.2) is 105 Å². The molecule has 4 aromatic rings. The molecule has 2 heterocycles. The van der Waals surface area contributed by atoms with E-state index >= 15 is 0 Å². The Balaban J connectivity index is 1.57. The first-order valence-corrected chi connectivity index (χ1v) is 13.3. The van der Waals surface area contributed by atoms with Crippen LogP contribution in [0.5, 0.6) is 0 Å². The molecule has 0 spiro atoms. The molecule has 0 saturated heterocycles. The Morgan fingerprint density at radius 3 is 2.63 bits per heavy atom. The Kier molecular flexibility index (Phi) is 8.24. The molecule has 0 atom stereocenters. The maximum atomic E-state index is 13.3. The lowest BCUT2D eigenvalue weighted by molar-refractivity contribution is 0.102. The van der Waals surface area contributed by atoms with E-state index in [1.54, 1.807) is 24.5 Å². The summed E-state index contributed by atoms with van der Waals surface area (Å²) in [6.07, 6.45) is 5.56. The molecular formula is C26H21BrN6O4S. The van der Waals surface area contributed by atoms with E-state index in [2.05, 4.69) is 57.2 Å². The predicted molar refractivity (Wildman–Crippen MR) is 151 cm³/mol. The molecule has 2 N–H and O–H groups in total. The minimum Gasteiger partial charge on any atom is -0.486 e. The molecule has 2 aromatic carbocycles. The lowest BCUT2D eigenvalue weighted by Crippen LogP contribution is -2.22. The fraction of sp³-hybridized carbons (Fsp3) is 0.0385. The number of amides is 1. The maximum absolute atomic E-state index is 13.3. The van der Waals surface area contributed by atoms with Gasteiger partial charge < -0.3 is 10.1 Å². The molecule has 12 heteroatoms. The van der Waals surface area contributed by atoms with E-state index in [0.29, 0.717) is 27.8 Å². The molecule has 0 fully saturated rings.